The molecule has 0 bridgehead atoms. The number of hydrogen-bond donors (Lipinski definition) is 1. The topological polar surface area (TPSA) is 42.2 Å². The Morgan fingerprint density at radius 2 is 2.24 bits per heavy atom. The number of rotatable bonds is 3. The number of halogens is 1. The van der Waals surface area contributed by atoms with E-state index < -0.39 is 0 Å². The monoisotopic (exact) mass is 233 g/mol. The Balaban J connectivity index is 2.04. The maximum absolute atomic E-state index is 12.9. The third-order valence-electron chi connectivity index (χ3n) is 2.47. The molecule has 0 saturated carbocycles. The van der Waals surface area contributed by atoms with Gasteiger partial charge in [0.05, 0.1) is 12.5 Å². The number of nitrogens with one attached hydrogen (secondary N) is 1. The summed E-state index contributed by atoms with van der Waals surface area (Å²) in [5.41, 5.74) is 1.99. The summed E-state index contributed by atoms with van der Waals surface area (Å²) in [6, 6.07) is 5.87. The summed E-state index contributed by atoms with van der Waals surface area (Å²) in [5.74, 6) is -0.558. The maximum atomic E-state index is 12.9. The van der Waals surface area contributed by atoms with E-state index in [1.165, 1.54) is 18.2 Å². The van der Waals surface area contributed by atoms with Gasteiger partial charge in [0.25, 0.3) is 5.91 Å². The molecule has 2 aromatic rings. The van der Waals surface area contributed by atoms with E-state index in [-0.39, 0.29) is 11.7 Å². The first kappa shape index (κ1) is 11.4. The molecule has 0 saturated heterocycles. The van der Waals surface area contributed by atoms with E-state index in [4.69, 9.17) is 4.42 Å². The van der Waals surface area contributed by atoms with Crippen molar-refractivity contribution in [2.45, 2.75) is 13.5 Å². The van der Waals surface area contributed by atoms with Gasteiger partial charge in [0.2, 0.25) is 0 Å². The van der Waals surface area contributed by atoms with Gasteiger partial charge < -0.3 is 9.73 Å². The lowest BCUT2D eigenvalue weighted by Gasteiger charge is -2.06. The summed E-state index contributed by atoms with van der Waals surface area (Å²) >= 11 is 0. The third kappa shape index (κ3) is 2.72. The van der Waals surface area contributed by atoms with E-state index in [2.05, 4.69) is 5.32 Å². The molecule has 1 amide bonds. The summed E-state index contributed by atoms with van der Waals surface area (Å²) in [6.45, 7) is 2.10. The average molecular weight is 233 g/mol. The summed E-state index contributed by atoms with van der Waals surface area (Å²) in [4.78, 5) is 11.8. The van der Waals surface area contributed by atoms with Gasteiger partial charge in [-0.3, -0.25) is 4.79 Å². The van der Waals surface area contributed by atoms with E-state index in [9.17, 15) is 9.18 Å². The van der Waals surface area contributed by atoms with Crippen molar-refractivity contribution in [3.05, 3.63) is 59.3 Å². The Morgan fingerprint density at radius 1 is 1.41 bits per heavy atom. The van der Waals surface area contributed by atoms with Crippen molar-refractivity contribution in [1.29, 1.82) is 0 Å². The van der Waals surface area contributed by atoms with E-state index in [0.29, 0.717) is 17.7 Å². The van der Waals surface area contributed by atoms with Crippen molar-refractivity contribution in [2.75, 3.05) is 0 Å². The van der Waals surface area contributed by atoms with Gasteiger partial charge in [-0.05, 0) is 36.8 Å². The van der Waals surface area contributed by atoms with E-state index in [1.54, 1.807) is 25.5 Å². The highest BCUT2D eigenvalue weighted by atomic mass is 19.1. The second-order valence-corrected chi connectivity index (χ2v) is 3.77. The Morgan fingerprint density at radius 3 is 2.88 bits per heavy atom. The number of aryl methyl sites for hydroxylation is 1. The highest BCUT2D eigenvalue weighted by Gasteiger charge is 2.09. The standard InChI is InChI=1S/C13H12FNO2/c1-9-6-11(14)2-3-12(9)13(16)15-7-10-4-5-17-8-10/h2-6,8H,7H2,1H3,(H,15,16). The zero-order valence-electron chi connectivity index (χ0n) is 9.37. The number of amides is 1. The molecule has 4 heteroatoms. The molecule has 88 valence electrons. The van der Waals surface area contributed by atoms with Crippen LogP contribution in [0.4, 0.5) is 4.39 Å². The number of hydrogen-bond acceptors (Lipinski definition) is 2. The van der Waals surface area contributed by atoms with Gasteiger partial charge in [-0.25, -0.2) is 4.39 Å². The Hall–Kier alpha value is -2.10. The molecule has 0 radical (unpaired) electrons. The quantitative estimate of drug-likeness (QED) is 0.885. The maximum Gasteiger partial charge on any atom is 0.251 e. The smallest absolute Gasteiger partial charge is 0.251 e. The molecule has 1 aromatic heterocycles. The molecular weight excluding hydrogens is 221 g/mol. The predicted molar refractivity (Wildman–Crippen MR) is 61.0 cm³/mol. The molecule has 0 aliphatic heterocycles. The molecular formula is C13H12FNO2. The normalized spacial score (nSPS) is 10.2. The van der Waals surface area contributed by atoms with Crippen LogP contribution in [0.5, 0.6) is 0 Å². The minimum Gasteiger partial charge on any atom is -0.472 e. The van der Waals surface area contributed by atoms with Crippen LogP contribution in [0.2, 0.25) is 0 Å². The minimum atomic E-state index is -0.339. The first-order chi connectivity index (χ1) is 8.16. The predicted octanol–water partition coefficient (Wildman–Crippen LogP) is 2.66. The average Bonchev–Trinajstić information content (AvgIpc) is 2.78. The molecule has 0 aliphatic carbocycles. The zero-order chi connectivity index (χ0) is 12.3. The van der Waals surface area contributed by atoms with Gasteiger partial charge in [-0.2, -0.15) is 0 Å². The van der Waals surface area contributed by atoms with E-state index in [1.807, 2.05) is 0 Å². The fourth-order valence-electron chi connectivity index (χ4n) is 1.55. The highest BCUT2D eigenvalue weighted by molar-refractivity contribution is 5.95. The van der Waals surface area contributed by atoms with Crippen LogP contribution in [-0.2, 0) is 6.54 Å². The molecule has 1 heterocycles. The lowest BCUT2D eigenvalue weighted by Crippen LogP contribution is -2.23. The second-order valence-electron chi connectivity index (χ2n) is 3.77. The van der Waals surface area contributed by atoms with Crippen molar-refractivity contribution < 1.29 is 13.6 Å². The molecule has 0 spiro atoms. The summed E-state index contributed by atoms with van der Waals surface area (Å²) < 4.78 is 17.8. The molecule has 17 heavy (non-hydrogen) atoms. The van der Waals surface area contributed by atoms with Crippen LogP contribution in [0.25, 0.3) is 0 Å². The number of carbonyl (C=O) groups is 1. The fraction of sp³-hybridized carbons (Fsp3) is 0.154. The van der Waals surface area contributed by atoms with Gasteiger partial charge in [-0.1, -0.05) is 0 Å². The van der Waals surface area contributed by atoms with Crippen molar-refractivity contribution in [1.82, 2.24) is 5.32 Å². The Bertz CT molecular complexity index is 520. The molecule has 0 fully saturated rings. The molecule has 2 rings (SSSR count). The highest BCUT2D eigenvalue weighted by Crippen LogP contribution is 2.10. The Kier molecular flexibility index (Phi) is 3.23. The SMILES string of the molecule is Cc1cc(F)ccc1C(=O)NCc1ccoc1. The fourth-order valence-corrected chi connectivity index (χ4v) is 1.55. The summed E-state index contributed by atoms with van der Waals surface area (Å²) in [6.07, 6.45) is 3.11. The first-order valence-corrected chi connectivity index (χ1v) is 5.22. The van der Waals surface area contributed by atoms with Crippen LogP contribution < -0.4 is 5.32 Å². The van der Waals surface area contributed by atoms with Gasteiger partial charge in [0, 0.05) is 17.7 Å². The molecule has 3 nitrogen and oxygen atoms in total. The molecule has 0 aliphatic rings. The molecule has 0 atom stereocenters. The van der Waals surface area contributed by atoms with Crippen LogP contribution in [0.3, 0.4) is 0 Å². The number of furan rings is 1. The molecule has 1 aromatic carbocycles. The largest absolute Gasteiger partial charge is 0.472 e. The first-order valence-electron chi connectivity index (χ1n) is 5.22. The van der Waals surface area contributed by atoms with Crippen LogP contribution in [0.15, 0.2) is 41.2 Å². The van der Waals surface area contributed by atoms with Crippen LogP contribution in [0.1, 0.15) is 21.5 Å². The Labute approximate surface area is 98.3 Å². The molecule has 0 unspecified atom stereocenters. The van der Waals surface area contributed by atoms with Crippen molar-refractivity contribution >= 4 is 5.91 Å². The second kappa shape index (κ2) is 4.82. The van der Waals surface area contributed by atoms with Gasteiger partial charge in [-0.15, -0.1) is 0 Å². The van der Waals surface area contributed by atoms with E-state index >= 15 is 0 Å². The number of carbonyl (C=O) groups excluding carboxylic acids is 1. The molecule has 1 N–H and O–H groups in total. The van der Waals surface area contributed by atoms with Crippen molar-refractivity contribution in [3.63, 3.8) is 0 Å². The van der Waals surface area contributed by atoms with Gasteiger partial charge >= 0.3 is 0 Å². The van der Waals surface area contributed by atoms with Crippen molar-refractivity contribution in [3.8, 4) is 0 Å². The van der Waals surface area contributed by atoms with E-state index in [0.717, 1.165) is 5.56 Å². The summed E-state index contributed by atoms with van der Waals surface area (Å²) in [7, 11) is 0. The lowest BCUT2D eigenvalue weighted by molar-refractivity contribution is 0.0950. The van der Waals surface area contributed by atoms with Crippen LogP contribution >= 0.6 is 0 Å². The minimum absolute atomic E-state index is 0.219. The van der Waals surface area contributed by atoms with Gasteiger partial charge in [0.1, 0.15) is 5.82 Å². The summed E-state index contributed by atoms with van der Waals surface area (Å²) in [5, 5.41) is 2.74. The lowest BCUT2D eigenvalue weighted by atomic mass is 10.1. The zero-order valence-corrected chi connectivity index (χ0v) is 9.37. The number of benzene rings is 1. The van der Waals surface area contributed by atoms with Crippen LogP contribution in [0, 0.1) is 12.7 Å². The third-order valence-corrected chi connectivity index (χ3v) is 2.47. The van der Waals surface area contributed by atoms with Crippen LogP contribution in [-0.4, -0.2) is 5.91 Å². The van der Waals surface area contributed by atoms with Gasteiger partial charge in [0.15, 0.2) is 0 Å². The van der Waals surface area contributed by atoms with Crippen molar-refractivity contribution in [2.24, 2.45) is 0 Å².